The van der Waals surface area contributed by atoms with Gasteiger partial charge >= 0.3 is 6.09 Å². The molecule has 0 aromatic rings. The fraction of sp³-hybridized carbons (Fsp3) is 0.615. The van der Waals surface area contributed by atoms with Crippen LogP contribution in [0.3, 0.4) is 0 Å². The number of hydrogen-bond donors (Lipinski definition) is 3. The van der Waals surface area contributed by atoms with Crippen LogP contribution in [0.5, 0.6) is 0 Å². The summed E-state index contributed by atoms with van der Waals surface area (Å²) in [4.78, 5) is 25.9. The smallest absolute Gasteiger partial charge is 0.407 e. The van der Waals surface area contributed by atoms with E-state index in [1.807, 2.05) is 53.7 Å². The summed E-state index contributed by atoms with van der Waals surface area (Å²) in [5.41, 5.74) is 0.320. The number of carbonyl (C=O) groups is 2. The molecular weight excluding hydrogens is 434 g/mol. The Morgan fingerprint density at radius 3 is 2.50 bits per heavy atom. The summed E-state index contributed by atoms with van der Waals surface area (Å²) >= 11 is 0. The van der Waals surface area contributed by atoms with Crippen molar-refractivity contribution in [3.05, 3.63) is 47.6 Å². The zero-order valence-electron chi connectivity index (χ0n) is 21.3. The molecule has 1 atom stereocenters. The van der Waals surface area contributed by atoms with Crippen molar-refractivity contribution in [3.8, 4) is 0 Å². The van der Waals surface area contributed by atoms with Crippen LogP contribution in [0.1, 0.15) is 67.2 Å². The number of carbonyl (C=O) groups excluding carboxylic acids is 2. The Kier molecular flexibility index (Phi) is 7.38. The third kappa shape index (κ3) is 6.15. The third-order valence-electron chi connectivity index (χ3n) is 6.33. The van der Waals surface area contributed by atoms with Gasteiger partial charge in [-0.05, 0) is 59.1 Å². The number of ether oxygens (including phenoxy) is 3. The van der Waals surface area contributed by atoms with Crippen LogP contribution >= 0.6 is 0 Å². The molecule has 1 saturated carbocycles. The first-order valence-corrected chi connectivity index (χ1v) is 11.9. The molecule has 0 radical (unpaired) electrons. The van der Waals surface area contributed by atoms with E-state index in [-0.39, 0.29) is 12.7 Å². The number of alkyl carbamates (subject to hydrolysis) is 1. The minimum atomic E-state index is -0.584. The molecule has 3 N–H and O–H groups in total. The van der Waals surface area contributed by atoms with Gasteiger partial charge in [0, 0.05) is 24.1 Å². The summed E-state index contributed by atoms with van der Waals surface area (Å²) in [5, 5.41) is 9.47. The van der Waals surface area contributed by atoms with Gasteiger partial charge in [0.1, 0.15) is 17.5 Å². The molecule has 0 aromatic carbocycles. The number of allylic oxidation sites excluding steroid dienone is 5. The highest BCUT2D eigenvalue weighted by Crippen LogP contribution is 2.55. The molecule has 0 bridgehead atoms. The van der Waals surface area contributed by atoms with E-state index in [0.29, 0.717) is 6.54 Å². The lowest BCUT2D eigenvalue weighted by atomic mass is 9.85. The largest absolute Gasteiger partial charge is 0.458 e. The predicted molar refractivity (Wildman–Crippen MR) is 130 cm³/mol. The zero-order chi connectivity index (χ0) is 25.1. The van der Waals surface area contributed by atoms with Crippen molar-refractivity contribution >= 4 is 12.0 Å². The molecule has 2 amide bonds. The van der Waals surface area contributed by atoms with Gasteiger partial charge in [-0.1, -0.05) is 32.1 Å². The molecule has 0 saturated heterocycles. The number of rotatable bonds is 9. The van der Waals surface area contributed by atoms with Crippen LogP contribution in [0.25, 0.3) is 0 Å². The SMILES string of the molecule is C=C/C=C(\C)NC(NC(=O)C1(C2=CC3=C(CC2)OCO3)CC1)C(C)(C)CNC(=O)OC(C)(C)C. The molecule has 2 aliphatic carbocycles. The fourth-order valence-corrected chi connectivity index (χ4v) is 4.17. The molecule has 3 aliphatic rings. The van der Waals surface area contributed by atoms with Crippen LogP contribution < -0.4 is 16.0 Å². The molecule has 1 aliphatic heterocycles. The lowest BCUT2D eigenvalue weighted by Gasteiger charge is -2.38. The normalized spacial score (nSPS) is 20.2. The van der Waals surface area contributed by atoms with Crippen LogP contribution in [0, 0.1) is 10.8 Å². The summed E-state index contributed by atoms with van der Waals surface area (Å²) in [6, 6.07) is 0. The Balaban J connectivity index is 1.74. The van der Waals surface area contributed by atoms with Crippen LogP contribution in [-0.4, -0.2) is 37.1 Å². The minimum absolute atomic E-state index is 0.0176. The van der Waals surface area contributed by atoms with Crippen molar-refractivity contribution < 1.29 is 23.8 Å². The first-order chi connectivity index (χ1) is 15.9. The van der Waals surface area contributed by atoms with E-state index < -0.39 is 28.7 Å². The van der Waals surface area contributed by atoms with E-state index in [4.69, 9.17) is 14.2 Å². The van der Waals surface area contributed by atoms with E-state index in [9.17, 15) is 9.59 Å². The maximum absolute atomic E-state index is 13.6. The second-order valence-electron chi connectivity index (χ2n) is 10.9. The van der Waals surface area contributed by atoms with Crippen LogP contribution in [0.4, 0.5) is 4.79 Å². The van der Waals surface area contributed by atoms with Crippen molar-refractivity contribution in [1.82, 2.24) is 16.0 Å². The number of hydrogen-bond acceptors (Lipinski definition) is 6. The van der Waals surface area contributed by atoms with E-state index in [2.05, 4.69) is 22.5 Å². The van der Waals surface area contributed by atoms with Gasteiger partial charge in [-0.2, -0.15) is 0 Å². The molecule has 34 heavy (non-hydrogen) atoms. The summed E-state index contributed by atoms with van der Waals surface area (Å²) in [6.45, 7) is 15.7. The summed E-state index contributed by atoms with van der Waals surface area (Å²) in [5.74, 6) is 1.61. The van der Waals surface area contributed by atoms with E-state index in [0.717, 1.165) is 48.5 Å². The highest BCUT2D eigenvalue weighted by Gasteiger charge is 2.54. The molecule has 8 heteroatoms. The van der Waals surface area contributed by atoms with Gasteiger partial charge in [0.2, 0.25) is 12.7 Å². The Labute approximate surface area is 202 Å². The van der Waals surface area contributed by atoms with Gasteiger partial charge in [-0.25, -0.2) is 4.79 Å². The molecule has 188 valence electrons. The quantitative estimate of drug-likeness (QED) is 0.340. The summed E-state index contributed by atoms with van der Waals surface area (Å²) < 4.78 is 16.4. The van der Waals surface area contributed by atoms with Crippen LogP contribution in [0.2, 0.25) is 0 Å². The van der Waals surface area contributed by atoms with Gasteiger partial charge < -0.3 is 30.2 Å². The average molecular weight is 474 g/mol. The first-order valence-electron chi connectivity index (χ1n) is 11.9. The first kappa shape index (κ1) is 25.7. The highest BCUT2D eigenvalue weighted by molar-refractivity contribution is 5.89. The maximum Gasteiger partial charge on any atom is 0.407 e. The summed E-state index contributed by atoms with van der Waals surface area (Å²) in [7, 11) is 0. The Morgan fingerprint density at radius 2 is 1.88 bits per heavy atom. The molecule has 3 rings (SSSR count). The van der Waals surface area contributed by atoms with Gasteiger partial charge in [0.15, 0.2) is 5.76 Å². The maximum atomic E-state index is 13.6. The van der Waals surface area contributed by atoms with Crippen LogP contribution in [0.15, 0.2) is 47.6 Å². The highest BCUT2D eigenvalue weighted by atomic mass is 16.7. The molecular formula is C26H39N3O5. The monoisotopic (exact) mass is 473 g/mol. The van der Waals surface area contributed by atoms with Crippen molar-refractivity contribution in [2.24, 2.45) is 10.8 Å². The van der Waals surface area contributed by atoms with Gasteiger partial charge in [0.05, 0.1) is 5.41 Å². The second-order valence-corrected chi connectivity index (χ2v) is 10.9. The zero-order valence-corrected chi connectivity index (χ0v) is 21.3. The van der Waals surface area contributed by atoms with Crippen molar-refractivity contribution in [3.63, 3.8) is 0 Å². The Morgan fingerprint density at radius 1 is 1.18 bits per heavy atom. The standard InChI is InChI=1S/C26H39N3O5/c1-8-9-17(2)28-21(25(6,7)15-27-23(31)34-24(3,4)5)29-22(30)26(12-13-26)18-10-11-19-20(14-18)33-16-32-19/h8-9,14,21,28H,1,10-13,15-16H2,2-7H3,(H,27,31)(H,29,30)/b17-9+. The van der Waals surface area contributed by atoms with Crippen molar-refractivity contribution in [2.75, 3.05) is 13.3 Å². The summed E-state index contributed by atoms with van der Waals surface area (Å²) in [6.07, 6.45) is 7.75. The van der Waals surface area contributed by atoms with E-state index in [1.54, 1.807) is 6.08 Å². The fourth-order valence-electron chi connectivity index (χ4n) is 4.17. The lowest BCUT2D eigenvalue weighted by molar-refractivity contribution is -0.127. The predicted octanol–water partition coefficient (Wildman–Crippen LogP) is 4.38. The Bertz CT molecular complexity index is 919. The van der Waals surface area contributed by atoms with Gasteiger partial charge in [-0.3, -0.25) is 4.79 Å². The van der Waals surface area contributed by atoms with Crippen molar-refractivity contribution in [2.45, 2.75) is 79.0 Å². The molecule has 0 aromatic heterocycles. The molecule has 1 unspecified atom stereocenters. The molecule has 0 spiro atoms. The van der Waals surface area contributed by atoms with Crippen LogP contribution in [-0.2, 0) is 19.0 Å². The van der Waals surface area contributed by atoms with Gasteiger partial charge in [-0.15, -0.1) is 0 Å². The minimum Gasteiger partial charge on any atom is -0.458 e. The molecule has 1 fully saturated rings. The lowest BCUT2D eigenvalue weighted by Crippen LogP contribution is -2.58. The van der Waals surface area contributed by atoms with Crippen molar-refractivity contribution in [1.29, 1.82) is 0 Å². The second kappa shape index (κ2) is 9.76. The van der Waals surface area contributed by atoms with E-state index in [1.165, 1.54) is 0 Å². The number of nitrogens with one attached hydrogen (secondary N) is 3. The topological polar surface area (TPSA) is 97.9 Å². The molecule has 8 nitrogen and oxygen atoms in total. The van der Waals surface area contributed by atoms with E-state index >= 15 is 0 Å². The third-order valence-corrected chi connectivity index (χ3v) is 6.33. The molecule has 1 heterocycles. The van der Waals surface area contributed by atoms with Gasteiger partial charge in [0.25, 0.3) is 0 Å². The number of amides is 2. The Hall–Kier alpha value is -2.90. The average Bonchev–Trinajstić information content (AvgIpc) is 3.42.